The molecule has 0 fully saturated rings. The fourth-order valence-electron chi connectivity index (χ4n) is 2.03. The Bertz CT molecular complexity index is 841. The molecule has 7 heteroatoms. The number of benzene rings is 1. The SMILES string of the molecule is Cn1ncc(NCc2ncc(-c3ccccc3)[nH]2)c(Br)c1=O. The number of hydrogen-bond donors (Lipinski definition) is 2. The van der Waals surface area contributed by atoms with E-state index < -0.39 is 0 Å². The number of aromatic amines is 1. The van der Waals surface area contributed by atoms with E-state index in [0.717, 1.165) is 17.1 Å². The van der Waals surface area contributed by atoms with Gasteiger partial charge in [-0.25, -0.2) is 9.67 Å². The minimum absolute atomic E-state index is 0.186. The van der Waals surface area contributed by atoms with Gasteiger partial charge in [0, 0.05) is 7.05 Å². The van der Waals surface area contributed by atoms with E-state index in [-0.39, 0.29) is 5.56 Å². The molecule has 6 nitrogen and oxygen atoms in total. The Kier molecular flexibility index (Phi) is 4.06. The Hall–Kier alpha value is -2.41. The molecule has 2 heterocycles. The normalized spacial score (nSPS) is 10.6. The molecule has 112 valence electrons. The molecule has 0 bridgehead atoms. The maximum absolute atomic E-state index is 11.8. The van der Waals surface area contributed by atoms with E-state index >= 15 is 0 Å². The van der Waals surface area contributed by atoms with Gasteiger partial charge in [-0.3, -0.25) is 4.79 Å². The number of rotatable bonds is 4. The minimum atomic E-state index is -0.186. The Balaban J connectivity index is 1.74. The summed E-state index contributed by atoms with van der Waals surface area (Å²) in [6.45, 7) is 0.473. The second-order valence-corrected chi connectivity index (χ2v) is 5.56. The summed E-state index contributed by atoms with van der Waals surface area (Å²) in [4.78, 5) is 19.4. The molecule has 3 aromatic rings. The second-order valence-electron chi connectivity index (χ2n) is 4.76. The van der Waals surface area contributed by atoms with Gasteiger partial charge in [0.25, 0.3) is 5.56 Å². The Morgan fingerprint density at radius 1 is 1.27 bits per heavy atom. The van der Waals surface area contributed by atoms with Gasteiger partial charge >= 0.3 is 0 Å². The summed E-state index contributed by atoms with van der Waals surface area (Å²) < 4.78 is 1.73. The van der Waals surface area contributed by atoms with Crippen LogP contribution in [0.15, 0.2) is 52.0 Å². The van der Waals surface area contributed by atoms with Crippen LogP contribution in [0.3, 0.4) is 0 Å². The van der Waals surface area contributed by atoms with Crippen molar-refractivity contribution >= 4 is 21.6 Å². The highest BCUT2D eigenvalue weighted by Crippen LogP contribution is 2.18. The summed E-state index contributed by atoms with van der Waals surface area (Å²) in [6, 6.07) is 9.98. The van der Waals surface area contributed by atoms with Crippen molar-refractivity contribution in [2.75, 3.05) is 5.32 Å². The predicted octanol–water partition coefficient (Wildman–Crippen LogP) is 2.54. The van der Waals surface area contributed by atoms with Crippen molar-refractivity contribution in [1.29, 1.82) is 0 Å². The fourth-order valence-corrected chi connectivity index (χ4v) is 2.53. The van der Waals surface area contributed by atoms with Crippen LogP contribution >= 0.6 is 15.9 Å². The molecule has 0 aliphatic carbocycles. The molecular formula is C15H14BrN5O. The third kappa shape index (κ3) is 2.94. The average Bonchev–Trinajstić information content (AvgIpc) is 3.02. The maximum Gasteiger partial charge on any atom is 0.282 e. The lowest BCUT2D eigenvalue weighted by Crippen LogP contribution is -2.21. The van der Waals surface area contributed by atoms with Gasteiger partial charge in [0.15, 0.2) is 0 Å². The third-order valence-electron chi connectivity index (χ3n) is 3.24. The van der Waals surface area contributed by atoms with Crippen molar-refractivity contribution in [3.05, 3.63) is 63.4 Å². The number of aryl methyl sites for hydroxylation is 1. The van der Waals surface area contributed by atoms with Gasteiger partial charge < -0.3 is 10.3 Å². The van der Waals surface area contributed by atoms with Crippen LogP contribution in [0.4, 0.5) is 5.69 Å². The number of halogens is 1. The lowest BCUT2D eigenvalue weighted by Gasteiger charge is -2.07. The lowest BCUT2D eigenvalue weighted by molar-refractivity contribution is 0.703. The molecule has 3 rings (SSSR count). The van der Waals surface area contributed by atoms with Crippen LogP contribution in [0.2, 0.25) is 0 Å². The molecule has 2 aromatic heterocycles. The van der Waals surface area contributed by atoms with E-state index in [1.807, 2.05) is 30.3 Å². The number of H-pyrrole nitrogens is 1. The maximum atomic E-state index is 11.8. The summed E-state index contributed by atoms with van der Waals surface area (Å²) in [5, 5.41) is 7.13. The zero-order valence-electron chi connectivity index (χ0n) is 11.9. The Labute approximate surface area is 135 Å². The molecular weight excluding hydrogens is 346 g/mol. The number of nitrogens with one attached hydrogen (secondary N) is 2. The van der Waals surface area contributed by atoms with Crippen molar-refractivity contribution in [1.82, 2.24) is 19.7 Å². The van der Waals surface area contributed by atoms with Crippen molar-refractivity contribution in [2.45, 2.75) is 6.54 Å². The van der Waals surface area contributed by atoms with Gasteiger partial charge in [-0.1, -0.05) is 30.3 Å². The van der Waals surface area contributed by atoms with E-state index in [4.69, 9.17) is 0 Å². The smallest absolute Gasteiger partial charge is 0.282 e. The van der Waals surface area contributed by atoms with Crippen LogP contribution in [0.5, 0.6) is 0 Å². The largest absolute Gasteiger partial charge is 0.375 e. The van der Waals surface area contributed by atoms with Gasteiger partial charge in [-0.2, -0.15) is 5.10 Å². The molecule has 22 heavy (non-hydrogen) atoms. The van der Waals surface area contributed by atoms with Gasteiger partial charge in [0.2, 0.25) is 0 Å². The van der Waals surface area contributed by atoms with Crippen LogP contribution in [-0.4, -0.2) is 19.7 Å². The zero-order valence-corrected chi connectivity index (χ0v) is 13.5. The summed E-state index contributed by atoms with van der Waals surface area (Å²) in [7, 11) is 1.61. The van der Waals surface area contributed by atoms with E-state index in [0.29, 0.717) is 16.7 Å². The predicted molar refractivity (Wildman–Crippen MR) is 88.5 cm³/mol. The summed E-state index contributed by atoms with van der Waals surface area (Å²) in [5.41, 5.74) is 2.49. The number of anilines is 1. The lowest BCUT2D eigenvalue weighted by atomic mass is 10.2. The van der Waals surface area contributed by atoms with Crippen molar-refractivity contribution in [2.24, 2.45) is 7.05 Å². The molecule has 0 saturated carbocycles. The Morgan fingerprint density at radius 2 is 2.05 bits per heavy atom. The highest BCUT2D eigenvalue weighted by Gasteiger charge is 2.08. The van der Waals surface area contributed by atoms with E-state index in [1.165, 1.54) is 4.68 Å². The van der Waals surface area contributed by atoms with Gasteiger partial charge in [-0.15, -0.1) is 0 Å². The highest BCUT2D eigenvalue weighted by atomic mass is 79.9. The number of nitrogens with zero attached hydrogens (tertiary/aromatic N) is 3. The Morgan fingerprint density at radius 3 is 2.82 bits per heavy atom. The highest BCUT2D eigenvalue weighted by molar-refractivity contribution is 9.10. The quantitative estimate of drug-likeness (QED) is 0.750. The van der Waals surface area contributed by atoms with E-state index in [1.54, 1.807) is 19.4 Å². The molecule has 0 radical (unpaired) electrons. The number of aromatic nitrogens is 4. The molecule has 0 unspecified atom stereocenters. The zero-order chi connectivity index (χ0) is 15.5. The van der Waals surface area contributed by atoms with Gasteiger partial charge in [-0.05, 0) is 21.5 Å². The van der Waals surface area contributed by atoms with Crippen molar-refractivity contribution in [3.8, 4) is 11.3 Å². The van der Waals surface area contributed by atoms with Crippen LogP contribution in [-0.2, 0) is 13.6 Å². The monoisotopic (exact) mass is 359 g/mol. The molecule has 0 aliphatic heterocycles. The second kappa shape index (κ2) is 6.15. The van der Waals surface area contributed by atoms with Crippen LogP contribution in [0.25, 0.3) is 11.3 Å². The molecule has 0 aliphatic rings. The van der Waals surface area contributed by atoms with Crippen LogP contribution < -0.4 is 10.9 Å². The first kappa shape index (κ1) is 14.5. The summed E-state index contributed by atoms with van der Waals surface area (Å²) in [6.07, 6.45) is 3.40. The first-order valence-corrected chi connectivity index (χ1v) is 7.49. The molecule has 0 amide bonds. The van der Waals surface area contributed by atoms with Gasteiger partial charge in [0.1, 0.15) is 10.3 Å². The van der Waals surface area contributed by atoms with Gasteiger partial charge in [0.05, 0.1) is 30.3 Å². The molecule has 1 aromatic carbocycles. The number of imidazole rings is 1. The first-order valence-electron chi connectivity index (χ1n) is 6.70. The molecule has 0 saturated heterocycles. The summed E-state index contributed by atoms with van der Waals surface area (Å²) in [5.74, 6) is 0.784. The minimum Gasteiger partial charge on any atom is -0.375 e. The fraction of sp³-hybridized carbons (Fsp3) is 0.133. The molecule has 0 atom stereocenters. The molecule has 0 spiro atoms. The van der Waals surface area contributed by atoms with Crippen molar-refractivity contribution < 1.29 is 0 Å². The van der Waals surface area contributed by atoms with E-state index in [9.17, 15) is 4.79 Å². The average molecular weight is 360 g/mol. The molecule has 2 N–H and O–H groups in total. The number of hydrogen-bond acceptors (Lipinski definition) is 4. The third-order valence-corrected chi connectivity index (χ3v) is 4.00. The van der Waals surface area contributed by atoms with Crippen LogP contribution in [0, 0.1) is 0 Å². The van der Waals surface area contributed by atoms with E-state index in [2.05, 4.69) is 36.3 Å². The summed E-state index contributed by atoms with van der Waals surface area (Å²) >= 11 is 3.28. The standard InChI is InChI=1S/C15H14BrN5O/c1-21-15(22)14(16)12(8-19-21)17-9-13-18-7-11(20-13)10-5-3-2-4-6-10/h2-8,17H,9H2,1H3,(H,18,20). The first-order chi connectivity index (χ1) is 10.6. The van der Waals surface area contributed by atoms with Crippen LogP contribution in [0.1, 0.15) is 5.82 Å². The topological polar surface area (TPSA) is 75.6 Å². The van der Waals surface area contributed by atoms with Crippen molar-refractivity contribution in [3.63, 3.8) is 0 Å².